The van der Waals surface area contributed by atoms with Crippen LogP contribution in [0.25, 0.3) is 22.3 Å². The lowest BCUT2D eigenvalue weighted by atomic mass is 9.97. The molecule has 0 saturated carbocycles. The number of furan rings is 1. The molecule has 3 heterocycles. The largest absolute Gasteiger partial charge is 0.497 e. The molecule has 2 N–H and O–H groups in total. The van der Waals surface area contributed by atoms with Crippen LogP contribution in [0.3, 0.4) is 0 Å². The molecule has 3 aromatic carbocycles. The molecule has 0 saturated heterocycles. The first kappa shape index (κ1) is 23.7. The topological polar surface area (TPSA) is 108 Å². The van der Waals surface area contributed by atoms with Crippen LogP contribution in [-0.4, -0.2) is 39.4 Å². The molecule has 0 spiro atoms. The fraction of sp³-hybridized carbons (Fsp3) is 0.241. The first-order chi connectivity index (χ1) is 18.5. The van der Waals surface area contributed by atoms with E-state index in [2.05, 4.69) is 10.6 Å². The Bertz CT molecular complexity index is 1540. The molecule has 38 heavy (non-hydrogen) atoms. The van der Waals surface area contributed by atoms with Gasteiger partial charge in [-0.3, -0.25) is 9.59 Å². The Morgan fingerprint density at radius 2 is 1.74 bits per heavy atom. The average Bonchev–Trinajstić information content (AvgIpc) is 3.62. The van der Waals surface area contributed by atoms with E-state index in [1.54, 1.807) is 20.3 Å². The van der Waals surface area contributed by atoms with Gasteiger partial charge in [0.1, 0.15) is 22.8 Å². The summed E-state index contributed by atoms with van der Waals surface area (Å²) in [5.41, 5.74) is 3.83. The molecular formula is C29H26N2O7. The number of carbonyl (C=O) groups is 2. The number of hydrogen-bond acceptors (Lipinski definition) is 7. The highest BCUT2D eigenvalue weighted by atomic mass is 16.7. The van der Waals surface area contributed by atoms with Gasteiger partial charge in [-0.2, -0.15) is 0 Å². The molecule has 194 valence electrons. The number of hydrogen-bond donors (Lipinski definition) is 2. The van der Waals surface area contributed by atoms with Crippen molar-refractivity contribution in [3.05, 3.63) is 65.7 Å². The first-order valence-electron chi connectivity index (χ1n) is 12.3. The molecule has 2 aliphatic heterocycles. The SMILES string of the molecule is COc1ccc(-c2oc3cc4c(cc3c2CC(=O)NCCC2C(=O)Nc3ccc(OC)cc32)OCO4)cc1. The van der Waals surface area contributed by atoms with Crippen molar-refractivity contribution in [2.45, 2.75) is 18.8 Å². The van der Waals surface area contributed by atoms with Crippen LogP contribution in [0.2, 0.25) is 0 Å². The minimum Gasteiger partial charge on any atom is -0.497 e. The van der Waals surface area contributed by atoms with E-state index in [0.29, 0.717) is 41.6 Å². The standard InChI is InChI=1S/C29H26N2O7/c1-34-17-5-3-16(4-6-17)28-22(21-12-25-26(37-15-36-25)14-24(21)38-28)13-27(32)30-10-9-19-20-11-18(35-2)7-8-23(20)31-29(19)33/h3-8,11-12,14,19H,9-10,13,15H2,1-2H3,(H,30,32)(H,31,33). The fourth-order valence-electron chi connectivity index (χ4n) is 4.99. The van der Waals surface area contributed by atoms with Crippen molar-refractivity contribution in [2.24, 2.45) is 0 Å². The highest BCUT2D eigenvalue weighted by molar-refractivity contribution is 6.03. The van der Waals surface area contributed by atoms with Gasteiger partial charge in [0.15, 0.2) is 11.5 Å². The van der Waals surface area contributed by atoms with Crippen LogP contribution in [0.5, 0.6) is 23.0 Å². The number of ether oxygens (including phenoxy) is 4. The minimum absolute atomic E-state index is 0.0822. The summed E-state index contributed by atoms with van der Waals surface area (Å²) in [6.45, 7) is 0.487. The molecule has 6 rings (SSSR count). The van der Waals surface area contributed by atoms with Gasteiger partial charge in [0, 0.05) is 34.8 Å². The molecule has 4 aromatic rings. The fourth-order valence-corrected chi connectivity index (χ4v) is 4.99. The maximum Gasteiger partial charge on any atom is 0.232 e. The molecule has 0 fully saturated rings. The Morgan fingerprint density at radius 1 is 1.00 bits per heavy atom. The smallest absolute Gasteiger partial charge is 0.232 e. The number of benzene rings is 3. The Morgan fingerprint density at radius 3 is 2.50 bits per heavy atom. The summed E-state index contributed by atoms with van der Waals surface area (Å²) in [5.74, 6) is 2.61. The second-order valence-electron chi connectivity index (χ2n) is 9.15. The predicted octanol–water partition coefficient (Wildman–Crippen LogP) is 4.63. The quantitative estimate of drug-likeness (QED) is 0.353. The number of fused-ring (bicyclic) bond motifs is 3. The molecule has 2 amide bonds. The maximum absolute atomic E-state index is 13.1. The lowest BCUT2D eigenvalue weighted by molar-refractivity contribution is -0.121. The van der Waals surface area contributed by atoms with Crippen LogP contribution in [-0.2, 0) is 16.0 Å². The summed E-state index contributed by atoms with van der Waals surface area (Å²) in [4.78, 5) is 25.7. The van der Waals surface area contributed by atoms with Gasteiger partial charge in [-0.25, -0.2) is 0 Å². The van der Waals surface area contributed by atoms with Crippen molar-refractivity contribution in [1.29, 1.82) is 0 Å². The van der Waals surface area contributed by atoms with Gasteiger partial charge in [0.2, 0.25) is 18.6 Å². The third-order valence-electron chi connectivity index (χ3n) is 6.94. The van der Waals surface area contributed by atoms with Gasteiger partial charge < -0.3 is 34.0 Å². The van der Waals surface area contributed by atoms with Crippen molar-refractivity contribution in [3.8, 4) is 34.3 Å². The van der Waals surface area contributed by atoms with E-state index < -0.39 is 0 Å². The maximum atomic E-state index is 13.1. The van der Waals surface area contributed by atoms with Crippen molar-refractivity contribution < 1.29 is 33.0 Å². The molecule has 1 aromatic heterocycles. The van der Waals surface area contributed by atoms with Crippen molar-refractivity contribution >= 4 is 28.5 Å². The molecule has 1 atom stereocenters. The first-order valence-corrected chi connectivity index (χ1v) is 12.3. The Balaban J connectivity index is 1.22. The summed E-state index contributed by atoms with van der Waals surface area (Å²) in [5, 5.41) is 6.65. The zero-order chi connectivity index (χ0) is 26.2. The van der Waals surface area contributed by atoms with Gasteiger partial charge in [0.25, 0.3) is 0 Å². The highest BCUT2D eigenvalue weighted by Crippen LogP contribution is 2.42. The molecule has 0 radical (unpaired) electrons. The third-order valence-corrected chi connectivity index (χ3v) is 6.94. The van der Waals surface area contributed by atoms with Crippen LogP contribution in [0.4, 0.5) is 5.69 Å². The molecule has 9 nitrogen and oxygen atoms in total. The lowest BCUT2D eigenvalue weighted by Crippen LogP contribution is -2.28. The van der Waals surface area contributed by atoms with Crippen LogP contribution in [0, 0.1) is 0 Å². The molecule has 0 bridgehead atoms. The summed E-state index contributed by atoms with van der Waals surface area (Å²) < 4.78 is 27.9. The molecule has 1 unspecified atom stereocenters. The second kappa shape index (κ2) is 9.66. The lowest BCUT2D eigenvalue weighted by Gasteiger charge is -2.11. The van der Waals surface area contributed by atoms with Crippen molar-refractivity contribution in [3.63, 3.8) is 0 Å². The second-order valence-corrected chi connectivity index (χ2v) is 9.15. The van der Waals surface area contributed by atoms with Gasteiger partial charge >= 0.3 is 0 Å². The van der Waals surface area contributed by atoms with Crippen LogP contribution < -0.4 is 29.6 Å². The highest BCUT2D eigenvalue weighted by Gasteiger charge is 2.31. The molecular weight excluding hydrogens is 488 g/mol. The van der Waals surface area contributed by atoms with E-state index in [0.717, 1.165) is 33.5 Å². The van der Waals surface area contributed by atoms with Gasteiger partial charge in [0.05, 0.1) is 26.6 Å². The molecule has 9 heteroatoms. The van der Waals surface area contributed by atoms with E-state index in [9.17, 15) is 9.59 Å². The normalized spacial score (nSPS) is 15.3. The number of amides is 2. The van der Waals surface area contributed by atoms with Crippen molar-refractivity contribution in [1.82, 2.24) is 5.32 Å². The molecule has 2 aliphatic rings. The molecule has 0 aliphatic carbocycles. The van der Waals surface area contributed by atoms with E-state index in [-0.39, 0.29) is 30.9 Å². The average molecular weight is 515 g/mol. The van der Waals surface area contributed by atoms with Crippen LogP contribution >= 0.6 is 0 Å². The van der Waals surface area contributed by atoms with Gasteiger partial charge in [-0.1, -0.05) is 0 Å². The van der Waals surface area contributed by atoms with E-state index in [1.165, 1.54) is 0 Å². The van der Waals surface area contributed by atoms with Gasteiger partial charge in [-0.15, -0.1) is 0 Å². The number of carbonyl (C=O) groups excluding carboxylic acids is 2. The zero-order valence-electron chi connectivity index (χ0n) is 21.0. The third kappa shape index (κ3) is 4.26. The Kier molecular flexibility index (Phi) is 6.03. The van der Waals surface area contributed by atoms with E-state index in [4.69, 9.17) is 23.4 Å². The van der Waals surface area contributed by atoms with E-state index >= 15 is 0 Å². The Labute approximate surface area is 218 Å². The van der Waals surface area contributed by atoms with Gasteiger partial charge in [-0.05, 0) is 60.5 Å². The number of anilines is 1. The van der Waals surface area contributed by atoms with Crippen LogP contribution in [0.1, 0.15) is 23.5 Å². The summed E-state index contributed by atoms with van der Waals surface area (Å²) in [6, 6.07) is 16.6. The summed E-state index contributed by atoms with van der Waals surface area (Å²) in [6.07, 6.45) is 0.559. The zero-order valence-corrected chi connectivity index (χ0v) is 21.0. The van der Waals surface area contributed by atoms with E-state index in [1.807, 2.05) is 48.5 Å². The summed E-state index contributed by atoms with van der Waals surface area (Å²) in [7, 11) is 3.20. The predicted molar refractivity (Wildman–Crippen MR) is 140 cm³/mol. The van der Waals surface area contributed by atoms with Crippen LogP contribution in [0.15, 0.2) is 59.0 Å². The monoisotopic (exact) mass is 514 g/mol. The number of methoxy groups -OCH3 is 2. The minimum atomic E-state index is -0.357. The Hall–Kier alpha value is -4.66. The number of rotatable bonds is 8. The number of nitrogens with one attached hydrogen (secondary N) is 2. The van der Waals surface area contributed by atoms with Crippen molar-refractivity contribution in [2.75, 3.05) is 32.9 Å². The summed E-state index contributed by atoms with van der Waals surface area (Å²) >= 11 is 0.